The van der Waals surface area contributed by atoms with Crippen molar-refractivity contribution in [2.75, 3.05) is 6.54 Å². The van der Waals surface area contributed by atoms with E-state index in [2.05, 4.69) is 22.8 Å². The van der Waals surface area contributed by atoms with Gasteiger partial charge in [-0.2, -0.15) is 0 Å². The number of benzene rings is 2. The van der Waals surface area contributed by atoms with Crippen molar-refractivity contribution >= 4 is 35.8 Å². The van der Waals surface area contributed by atoms with Crippen LogP contribution in [0.1, 0.15) is 74.5 Å². The fraction of sp³-hybridized carbons (Fsp3) is 0.500. The number of carbonyl (C=O) groups is 4. The quantitative estimate of drug-likeness (QED) is 0.348. The molecule has 8 nitrogen and oxygen atoms in total. The van der Waals surface area contributed by atoms with Crippen molar-refractivity contribution in [1.82, 2.24) is 15.5 Å². The van der Waals surface area contributed by atoms with Crippen molar-refractivity contribution in [1.29, 1.82) is 0 Å². The molecule has 220 valence electrons. The Morgan fingerprint density at radius 3 is 2.54 bits per heavy atom. The van der Waals surface area contributed by atoms with E-state index in [-0.39, 0.29) is 25.4 Å². The number of halogens is 1. The van der Waals surface area contributed by atoms with Gasteiger partial charge < -0.3 is 25.1 Å². The Morgan fingerprint density at radius 1 is 1.00 bits per heavy atom. The van der Waals surface area contributed by atoms with Gasteiger partial charge in [0.15, 0.2) is 0 Å². The van der Waals surface area contributed by atoms with E-state index < -0.39 is 24.1 Å². The number of nitrogens with zero attached hydrogens (tertiary/aromatic N) is 1. The number of aldehydes is 1. The van der Waals surface area contributed by atoms with Gasteiger partial charge in [0.25, 0.3) is 0 Å². The molecule has 0 spiro atoms. The zero-order valence-electron chi connectivity index (χ0n) is 23.5. The van der Waals surface area contributed by atoms with Gasteiger partial charge in [-0.25, -0.2) is 4.79 Å². The van der Waals surface area contributed by atoms with Crippen LogP contribution in [-0.2, 0) is 38.7 Å². The molecule has 9 heteroatoms. The van der Waals surface area contributed by atoms with Gasteiger partial charge in [-0.05, 0) is 60.4 Å². The average Bonchev–Trinajstić information content (AvgIpc) is 3.21. The summed E-state index contributed by atoms with van der Waals surface area (Å²) >= 11 is 6.01. The molecule has 0 aromatic heterocycles. The van der Waals surface area contributed by atoms with Crippen LogP contribution in [0.3, 0.4) is 0 Å². The predicted octanol–water partition coefficient (Wildman–Crippen LogP) is 5.34. The average molecular weight is 582 g/mol. The second-order valence-corrected chi connectivity index (χ2v) is 11.6. The van der Waals surface area contributed by atoms with E-state index in [9.17, 15) is 19.2 Å². The third-order valence-electron chi connectivity index (χ3n) is 8.03. The van der Waals surface area contributed by atoms with Gasteiger partial charge >= 0.3 is 6.09 Å². The lowest BCUT2D eigenvalue weighted by atomic mass is 9.84. The molecular weight excluding hydrogens is 542 g/mol. The predicted molar refractivity (Wildman–Crippen MR) is 157 cm³/mol. The maximum absolute atomic E-state index is 13.3. The summed E-state index contributed by atoms with van der Waals surface area (Å²) in [4.78, 5) is 52.7. The van der Waals surface area contributed by atoms with Crippen LogP contribution < -0.4 is 10.6 Å². The maximum Gasteiger partial charge on any atom is 0.408 e. The van der Waals surface area contributed by atoms with Gasteiger partial charge in [0.2, 0.25) is 11.8 Å². The Labute approximate surface area is 247 Å². The summed E-state index contributed by atoms with van der Waals surface area (Å²) in [5.41, 5.74) is 3.15. The third-order valence-corrected chi connectivity index (χ3v) is 8.26. The number of alkyl carbamates (subject to hydrolysis) is 1. The van der Waals surface area contributed by atoms with Crippen LogP contribution in [0.25, 0.3) is 0 Å². The van der Waals surface area contributed by atoms with E-state index in [0.717, 1.165) is 49.7 Å². The summed E-state index contributed by atoms with van der Waals surface area (Å²) in [6.45, 7) is 1.23. The van der Waals surface area contributed by atoms with Gasteiger partial charge in [-0.3, -0.25) is 9.59 Å². The normalized spacial score (nSPS) is 17.0. The van der Waals surface area contributed by atoms with Crippen LogP contribution in [0.4, 0.5) is 4.79 Å². The first-order valence-corrected chi connectivity index (χ1v) is 15.1. The smallest absolute Gasteiger partial charge is 0.408 e. The molecule has 1 fully saturated rings. The fourth-order valence-electron chi connectivity index (χ4n) is 5.76. The lowest BCUT2D eigenvalue weighted by Crippen LogP contribution is -2.51. The topological polar surface area (TPSA) is 105 Å². The van der Waals surface area contributed by atoms with Crippen LogP contribution in [-0.4, -0.2) is 47.7 Å². The molecule has 2 aliphatic rings. The lowest BCUT2D eigenvalue weighted by molar-refractivity contribution is -0.132. The number of rotatable bonds is 11. The summed E-state index contributed by atoms with van der Waals surface area (Å²) in [6.07, 6.45) is 7.94. The van der Waals surface area contributed by atoms with Gasteiger partial charge in [-0.1, -0.05) is 80.1 Å². The zero-order valence-corrected chi connectivity index (χ0v) is 24.2. The van der Waals surface area contributed by atoms with E-state index >= 15 is 0 Å². The molecule has 1 aliphatic heterocycles. The molecule has 0 bridgehead atoms. The molecule has 0 saturated heterocycles. The second kappa shape index (κ2) is 15.6. The van der Waals surface area contributed by atoms with E-state index in [1.54, 1.807) is 24.3 Å². The van der Waals surface area contributed by atoms with Gasteiger partial charge in [-0.15, -0.1) is 0 Å². The summed E-state index contributed by atoms with van der Waals surface area (Å²) in [7, 11) is 0. The zero-order chi connectivity index (χ0) is 29.0. The van der Waals surface area contributed by atoms with E-state index in [0.29, 0.717) is 36.7 Å². The van der Waals surface area contributed by atoms with E-state index in [1.165, 1.54) is 12.0 Å². The molecule has 2 N–H and O–H groups in total. The van der Waals surface area contributed by atoms with Gasteiger partial charge in [0.1, 0.15) is 18.9 Å². The minimum absolute atomic E-state index is 0.0181. The Balaban J connectivity index is 1.31. The molecule has 3 amide bonds. The Morgan fingerprint density at radius 2 is 1.78 bits per heavy atom. The Hall–Kier alpha value is -3.39. The van der Waals surface area contributed by atoms with Crippen molar-refractivity contribution in [2.24, 2.45) is 5.92 Å². The van der Waals surface area contributed by atoms with Crippen molar-refractivity contribution < 1.29 is 23.9 Å². The largest absolute Gasteiger partial charge is 0.445 e. The molecule has 1 saturated carbocycles. The number of aryl methyl sites for hydroxylation is 1. The lowest BCUT2D eigenvalue weighted by Gasteiger charge is -2.27. The first-order chi connectivity index (χ1) is 19.9. The number of hydrogen-bond acceptors (Lipinski definition) is 5. The van der Waals surface area contributed by atoms with Gasteiger partial charge in [0, 0.05) is 24.5 Å². The standard InChI is InChI=1S/C32H40ClN3O5/c33-27-14-6-10-24(18-27)22-41-32(40)35-29(19-23-8-2-1-3-9-23)31(39)34-28(21-37)15-16-30(38)36-17-7-13-25-11-4-5-12-26(25)20-36/h4-6,10-12,14,18,21,23,28-29H,1-3,7-9,13,15-17,19-20,22H2,(H,34,39)(H,35,40)/t28-,29-/m0/s1. The summed E-state index contributed by atoms with van der Waals surface area (Å²) in [5, 5.41) is 6.02. The van der Waals surface area contributed by atoms with Crippen LogP contribution >= 0.6 is 11.6 Å². The SMILES string of the molecule is O=C[C@H](CCC(=O)N1CCCc2ccccc2C1)NC(=O)[C@H](CC1CCCCC1)NC(=O)OCc1cccc(Cl)c1. The van der Waals surface area contributed by atoms with Gasteiger partial charge in [0.05, 0.1) is 6.04 Å². The molecule has 0 unspecified atom stereocenters. The molecule has 1 heterocycles. The van der Waals surface area contributed by atoms with Crippen LogP contribution in [0.5, 0.6) is 0 Å². The molecule has 1 aliphatic carbocycles. The molecule has 0 radical (unpaired) electrons. The second-order valence-electron chi connectivity index (χ2n) is 11.1. The maximum atomic E-state index is 13.3. The highest BCUT2D eigenvalue weighted by molar-refractivity contribution is 6.30. The fourth-order valence-corrected chi connectivity index (χ4v) is 5.97. The van der Waals surface area contributed by atoms with Crippen LogP contribution in [0, 0.1) is 5.92 Å². The van der Waals surface area contributed by atoms with Crippen molar-refractivity contribution in [2.45, 2.75) is 89.4 Å². The highest BCUT2D eigenvalue weighted by Gasteiger charge is 2.28. The first-order valence-electron chi connectivity index (χ1n) is 14.7. The monoisotopic (exact) mass is 581 g/mol. The molecule has 2 aromatic rings. The van der Waals surface area contributed by atoms with Crippen molar-refractivity contribution in [3.8, 4) is 0 Å². The van der Waals surface area contributed by atoms with E-state index in [1.807, 2.05) is 17.0 Å². The van der Waals surface area contributed by atoms with E-state index in [4.69, 9.17) is 16.3 Å². The highest BCUT2D eigenvalue weighted by atomic mass is 35.5. The molecule has 4 rings (SSSR count). The van der Waals surface area contributed by atoms with Crippen LogP contribution in [0.15, 0.2) is 48.5 Å². The first kappa shape index (κ1) is 30.6. The highest BCUT2D eigenvalue weighted by Crippen LogP contribution is 2.27. The van der Waals surface area contributed by atoms with Crippen molar-refractivity contribution in [3.63, 3.8) is 0 Å². The number of amides is 3. The number of carbonyl (C=O) groups excluding carboxylic acids is 4. The van der Waals surface area contributed by atoms with Crippen LogP contribution in [0.2, 0.25) is 5.02 Å². The number of hydrogen-bond donors (Lipinski definition) is 2. The number of nitrogens with one attached hydrogen (secondary N) is 2. The van der Waals surface area contributed by atoms with Crippen molar-refractivity contribution in [3.05, 3.63) is 70.2 Å². The molecule has 2 aromatic carbocycles. The summed E-state index contributed by atoms with van der Waals surface area (Å²) in [6, 6.07) is 13.5. The number of fused-ring (bicyclic) bond motifs is 1. The molecule has 2 atom stereocenters. The minimum atomic E-state index is -0.842. The minimum Gasteiger partial charge on any atom is -0.445 e. The Kier molecular flexibility index (Phi) is 11.6. The third kappa shape index (κ3) is 9.59. The Bertz CT molecular complexity index is 1200. The molecule has 41 heavy (non-hydrogen) atoms. The summed E-state index contributed by atoms with van der Waals surface area (Å²) in [5.74, 6) is -0.178. The summed E-state index contributed by atoms with van der Waals surface area (Å²) < 4.78 is 5.36. The number of ether oxygens (including phenoxy) is 1. The molecular formula is C32H40ClN3O5.